The van der Waals surface area contributed by atoms with Crippen molar-refractivity contribution in [3.63, 3.8) is 0 Å². The number of carbonyl (C=O) groups is 1. The maximum absolute atomic E-state index is 13.1. The Labute approximate surface area is 128 Å². The molecular weight excluding hydrogens is 283 g/mol. The fourth-order valence-corrected chi connectivity index (χ4v) is 3.16. The molecule has 0 fully saturated rings. The van der Waals surface area contributed by atoms with Crippen LogP contribution in [0, 0.1) is 5.82 Å². The molecule has 0 N–H and O–H groups in total. The van der Waals surface area contributed by atoms with Gasteiger partial charge in [0.15, 0.2) is 8.32 Å². The van der Waals surface area contributed by atoms with Gasteiger partial charge in [-0.2, -0.15) is 0 Å². The van der Waals surface area contributed by atoms with Crippen molar-refractivity contribution in [2.45, 2.75) is 64.8 Å². The number of hydrogen-bond donors (Lipinski definition) is 0. The summed E-state index contributed by atoms with van der Waals surface area (Å²) in [7, 11) is -1.94. The van der Waals surface area contributed by atoms with E-state index in [-0.39, 0.29) is 22.7 Å². The van der Waals surface area contributed by atoms with Gasteiger partial charge >= 0.3 is 0 Å². The summed E-state index contributed by atoms with van der Waals surface area (Å²) in [4.78, 5) is 11.3. The largest absolute Gasteiger partial charge is 0.410 e. The first-order chi connectivity index (χ1) is 9.53. The van der Waals surface area contributed by atoms with Crippen LogP contribution in [0.5, 0.6) is 0 Å². The Morgan fingerprint density at radius 1 is 1.24 bits per heavy atom. The molecule has 21 heavy (non-hydrogen) atoms. The summed E-state index contributed by atoms with van der Waals surface area (Å²) in [6, 6.07) is 6.41. The van der Waals surface area contributed by atoms with Crippen molar-refractivity contribution in [1.82, 2.24) is 0 Å². The van der Waals surface area contributed by atoms with Gasteiger partial charge in [-0.3, -0.25) is 0 Å². The van der Waals surface area contributed by atoms with E-state index in [0.29, 0.717) is 12.8 Å². The molecule has 0 saturated heterocycles. The Bertz CT molecular complexity index is 475. The smallest absolute Gasteiger partial charge is 0.192 e. The van der Waals surface area contributed by atoms with Crippen molar-refractivity contribution in [3.05, 3.63) is 35.6 Å². The molecule has 4 heteroatoms. The zero-order valence-electron chi connectivity index (χ0n) is 14.0. The molecule has 0 radical (unpaired) electrons. The van der Waals surface area contributed by atoms with Crippen molar-refractivity contribution in [2.75, 3.05) is 0 Å². The van der Waals surface area contributed by atoms with Crippen LogP contribution < -0.4 is 0 Å². The van der Waals surface area contributed by atoms with Crippen LogP contribution in [0.25, 0.3) is 0 Å². The SMILES string of the molecule is CC(=O)CCC(O[Si](C)(C)C(C)(C)C)c1ccc(F)cc1. The highest BCUT2D eigenvalue weighted by atomic mass is 28.4. The first kappa shape index (κ1) is 18.0. The molecule has 2 nitrogen and oxygen atoms in total. The Kier molecular flexibility index (Phi) is 5.88. The van der Waals surface area contributed by atoms with E-state index < -0.39 is 8.32 Å². The van der Waals surface area contributed by atoms with Crippen LogP contribution >= 0.6 is 0 Å². The van der Waals surface area contributed by atoms with Crippen molar-refractivity contribution >= 4 is 14.1 Å². The van der Waals surface area contributed by atoms with Crippen LogP contribution in [0.4, 0.5) is 4.39 Å². The van der Waals surface area contributed by atoms with E-state index in [9.17, 15) is 9.18 Å². The third kappa shape index (κ3) is 5.36. The number of Topliss-reactive ketones (excluding diaryl/α,β-unsaturated/α-hetero) is 1. The standard InChI is InChI=1S/C17H27FO2Si/c1-13(19)7-12-16(14-8-10-15(18)11-9-14)20-21(5,6)17(2,3)4/h8-11,16H,7,12H2,1-6H3. The maximum Gasteiger partial charge on any atom is 0.192 e. The van der Waals surface area contributed by atoms with Crippen molar-refractivity contribution in [3.8, 4) is 0 Å². The Balaban J connectivity index is 2.97. The Morgan fingerprint density at radius 3 is 2.19 bits per heavy atom. The van der Waals surface area contributed by atoms with Gasteiger partial charge in [0, 0.05) is 6.42 Å². The average Bonchev–Trinajstić information content (AvgIpc) is 2.34. The third-order valence-corrected chi connectivity index (χ3v) is 8.73. The lowest BCUT2D eigenvalue weighted by atomic mass is 10.0. The van der Waals surface area contributed by atoms with E-state index in [0.717, 1.165) is 5.56 Å². The lowest BCUT2D eigenvalue weighted by Crippen LogP contribution is -2.41. The van der Waals surface area contributed by atoms with Crippen molar-refractivity contribution in [2.24, 2.45) is 0 Å². The predicted octanol–water partition coefficient (Wildman–Crippen LogP) is 5.26. The van der Waals surface area contributed by atoms with Crippen molar-refractivity contribution < 1.29 is 13.6 Å². The zero-order chi connectivity index (χ0) is 16.3. The van der Waals surface area contributed by atoms with Gasteiger partial charge in [0.25, 0.3) is 0 Å². The lowest BCUT2D eigenvalue weighted by molar-refractivity contribution is -0.117. The van der Waals surface area contributed by atoms with Gasteiger partial charge in [-0.1, -0.05) is 32.9 Å². The second kappa shape index (κ2) is 6.84. The first-order valence-electron chi connectivity index (χ1n) is 7.45. The number of carbonyl (C=O) groups excluding carboxylic acids is 1. The van der Waals surface area contributed by atoms with Crippen LogP contribution in [0.1, 0.15) is 52.2 Å². The van der Waals surface area contributed by atoms with E-state index in [1.165, 1.54) is 12.1 Å². The van der Waals surface area contributed by atoms with Crippen LogP contribution in [-0.4, -0.2) is 14.1 Å². The molecule has 1 aromatic carbocycles. The molecule has 0 bridgehead atoms. The minimum atomic E-state index is -1.94. The highest BCUT2D eigenvalue weighted by Crippen LogP contribution is 2.40. The normalized spacial score (nSPS) is 14.0. The summed E-state index contributed by atoms with van der Waals surface area (Å²) in [5.74, 6) is -0.0997. The van der Waals surface area contributed by atoms with Gasteiger partial charge in [0.05, 0.1) is 6.10 Å². The zero-order valence-corrected chi connectivity index (χ0v) is 15.0. The molecule has 0 aliphatic rings. The van der Waals surface area contributed by atoms with Crippen LogP contribution in [0.3, 0.4) is 0 Å². The molecule has 0 spiro atoms. The molecule has 1 atom stereocenters. The summed E-state index contributed by atoms with van der Waals surface area (Å²) in [6.07, 6.45) is 0.986. The highest BCUT2D eigenvalue weighted by Gasteiger charge is 2.39. The van der Waals surface area contributed by atoms with E-state index in [4.69, 9.17) is 4.43 Å². The van der Waals surface area contributed by atoms with Crippen LogP contribution in [0.2, 0.25) is 18.1 Å². The molecule has 1 aromatic rings. The molecule has 1 rings (SSSR count). The number of halogens is 1. The summed E-state index contributed by atoms with van der Waals surface area (Å²) in [5, 5.41) is 0.0987. The second-order valence-corrected chi connectivity index (χ2v) is 11.9. The summed E-state index contributed by atoms with van der Waals surface area (Å²) in [5.41, 5.74) is 0.947. The predicted molar refractivity (Wildman–Crippen MR) is 87.3 cm³/mol. The molecule has 1 unspecified atom stereocenters. The molecule has 118 valence electrons. The molecule has 0 saturated carbocycles. The Hall–Kier alpha value is -1.00. The van der Waals surface area contributed by atoms with Crippen LogP contribution in [0.15, 0.2) is 24.3 Å². The number of rotatable bonds is 6. The quantitative estimate of drug-likeness (QED) is 0.670. The van der Waals surface area contributed by atoms with Gasteiger partial charge in [-0.05, 0) is 49.2 Å². The molecule has 0 heterocycles. The summed E-state index contributed by atoms with van der Waals surface area (Å²) >= 11 is 0. The number of hydrogen-bond acceptors (Lipinski definition) is 2. The molecule has 0 aliphatic carbocycles. The second-order valence-electron chi connectivity index (χ2n) is 7.16. The monoisotopic (exact) mass is 310 g/mol. The van der Waals surface area contributed by atoms with Gasteiger partial charge < -0.3 is 9.22 Å². The van der Waals surface area contributed by atoms with E-state index >= 15 is 0 Å². The number of ketones is 1. The third-order valence-electron chi connectivity index (χ3n) is 4.24. The first-order valence-corrected chi connectivity index (χ1v) is 10.4. The minimum absolute atomic E-state index is 0.0987. The maximum atomic E-state index is 13.1. The molecule has 0 amide bonds. The Morgan fingerprint density at radius 2 is 1.76 bits per heavy atom. The fraction of sp³-hybridized carbons (Fsp3) is 0.588. The minimum Gasteiger partial charge on any atom is -0.410 e. The summed E-state index contributed by atoms with van der Waals surface area (Å²) in [6.45, 7) is 12.5. The van der Waals surface area contributed by atoms with E-state index in [2.05, 4.69) is 33.9 Å². The molecular formula is C17H27FO2Si. The summed E-state index contributed by atoms with van der Waals surface area (Å²) < 4.78 is 19.5. The van der Waals surface area contributed by atoms with E-state index in [1.54, 1.807) is 19.1 Å². The average molecular weight is 310 g/mol. The molecule has 0 aromatic heterocycles. The van der Waals surface area contributed by atoms with Gasteiger partial charge in [0.2, 0.25) is 0 Å². The lowest BCUT2D eigenvalue weighted by Gasteiger charge is -2.39. The van der Waals surface area contributed by atoms with Gasteiger partial charge in [-0.15, -0.1) is 0 Å². The highest BCUT2D eigenvalue weighted by molar-refractivity contribution is 6.74. The number of benzene rings is 1. The van der Waals surface area contributed by atoms with Gasteiger partial charge in [0.1, 0.15) is 11.6 Å². The van der Waals surface area contributed by atoms with E-state index in [1.807, 2.05) is 0 Å². The van der Waals surface area contributed by atoms with Gasteiger partial charge in [-0.25, -0.2) is 4.39 Å². The molecule has 0 aliphatic heterocycles. The van der Waals surface area contributed by atoms with Crippen LogP contribution in [-0.2, 0) is 9.22 Å². The topological polar surface area (TPSA) is 26.3 Å². The fourth-order valence-electron chi connectivity index (χ4n) is 1.84. The van der Waals surface area contributed by atoms with Crippen molar-refractivity contribution in [1.29, 1.82) is 0 Å².